The van der Waals surface area contributed by atoms with Crippen LogP contribution in [0, 0.1) is 0 Å². The molecule has 19 heavy (non-hydrogen) atoms. The van der Waals surface area contributed by atoms with E-state index >= 15 is 0 Å². The van der Waals surface area contributed by atoms with E-state index in [1.54, 1.807) is 13.2 Å². The third kappa shape index (κ3) is 2.24. The predicted molar refractivity (Wildman–Crippen MR) is 75.4 cm³/mol. The van der Waals surface area contributed by atoms with Crippen LogP contribution in [-0.2, 0) is 6.42 Å². The van der Waals surface area contributed by atoms with Gasteiger partial charge in [-0.3, -0.25) is 4.79 Å². The molecule has 0 unspecified atom stereocenters. The Morgan fingerprint density at radius 3 is 2.84 bits per heavy atom. The average molecular weight is 319 g/mol. The molecule has 0 spiro atoms. The summed E-state index contributed by atoms with van der Waals surface area (Å²) < 4.78 is 11.2. The highest BCUT2D eigenvalue weighted by molar-refractivity contribution is 9.10. The molecule has 1 aromatic carbocycles. The van der Waals surface area contributed by atoms with Gasteiger partial charge in [0.05, 0.1) is 7.11 Å². The maximum Gasteiger partial charge on any atom is 0.189 e. The fourth-order valence-corrected chi connectivity index (χ4v) is 2.54. The van der Waals surface area contributed by atoms with E-state index < -0.39 is 0 Å². The minimum Gasteiger partial charge on any atom is -0.497 e. The lowest BCUT2D eigenvalue weighted by Crippen LogP contribution is -1.95. The molecule has 0 radical (unpaired) electrons. The molecular weight excluding hydrogens is 308 g/mol. The molecule has 0 aliphatic heterocycles. The topological polar surface area (TPSA) is 39.4 Å². The fourth-order valence-electron chi connectivity index (χ4n) is 2.22. The Bertz CT molecular complexity index is 682. The van der Waals surface area contributed by atoms with Gasteiger partial charge in [0.1, 0.15) is 11.5 Å². The van der Waals surface area contributed by atoms with Gasteiger partial charge in [0, 0.05) is 17.6 Å². The van der Waals surface area contributed by atoms with E-state index in [0.29, 0.717) is 16.9 Å². The van der Waals surface area contributed by atoms with Crippen molar-refractivity contribution in [2.45, 2.75) is 6.42 Å². The van der Waals surface area contributed by atoms with Crippen LogP contribution in [0.1, 0.15) is 21.7 Å². The van der Waals surface area contributed by atoms with Gasteiger partial charge in [-0.25, -0.2) is 0 Å². The quantitative estimate of drug-likeness (QED) is 0.789. The normalized spacial score (nSPS) is 15.9. The molecule has 0 N–H and O–H groups in total. The van der Waals surface area contributed by atoms with Gasteiger partial charge in [0.15, 0.2) is 10.5 Å². The van der Waals surface area contributed by atoms with Gasteiger partial charge in [-0.15, -0.1) is 0 Å². The Kier molecular flexibility index (Phi) is 3.03. The Balaban J connectivity index is 1.96. The van der Waals surface area contributed by atoms with Gasteiger partial charge >= 0.3 is 0 Å². The predicted octanol–water partition coefficient (Wildman–Crippen LogP) is 3.87. The largest absolute Gasteiger partial charge is 0.497 e. The van der Waals surface area contributed by atoms with Crippen LogP contribution >= 0.6 is 15.9 Å². The molecule has 0 saturated carbocycles. The van der Waals surface area contributed by atoms with Crippen LogP contribution in [0.25, 0.3) is 6.08 Å². The number of ketones is 1. The highest BCUT2D eigenvalue weighted by Crippen LogP contribution is 2.31. The van der Waals surface area contributed by atoms with Crippen molar-refractivity contribution in [3.63, 3.8) is 0 Å². The highest BCUT2D eigenvalue weighted by atomic mass is 79.9. The maximum absolute atomic E-state index is 12.2. The van der Waals surface area contributed by atoms with Crippen molar-refractivity contribution >= 4 is 27.8 Å². The van der Waals surface area contributed by atoms with Crippen LogP contribution in [-0.4, -0.2) is 12.9 Å². The summed E-state index contributed by atoms with van der Waals surface area (Å²) in [6, 6.07) is 9.17. The number of carbonyl (C=O) groups is 1. The van der Waals surface area contributed by atoms with E-state index in [9.17, 15) is 4.79 Å². The first-order valence-corrected chi connectivity index (χ1v) is 6.64. The number of fused-ring (bicyclic) bond motifs is 1. The lowest BCUT2D eigenvalue weighted by atomic mass is 10.1. The molecule has 1 aliphatic carbocycles. The molecule has 1 aromatic heterocycles. The Morgan fingerprint density at radius 1 is 1.32 bits per heavy atom. The number of Topliss-reactive ketones (excluding diaryl/α,β-unsaturated/α-hetero) is 1. The number of methoxy groups -OCH3 is 1. The molecule has 0 atom stereocenters. The summed E-state index contributed by atoms with van der Waals surface area (Å²) in [6.45, 7) is 0. The lowest BCUT2D eigenvalue weighted by Gasteiger charge is -2.01. The summed E-state index contributed by atoms with van der Waals surface area (Å²) in [5.41, 5.74) is 2.49. The van der Waals surface area contributed by atoms with Crippen LogP contribution in [0.4, 0.5) is 0 Å². The first-order valence-electron chi connectivity index (χ1n) is 5.85. The molecule has 3 rings (SSSR count). The van der Waals surface area contributed by atoms with Crippen molar-refractivity contribution in [3.8, 4) is 5.75 Å². The summed E-state index contributed by atoms with van der Waals surface area (Å²) in [5.74, 6) is 1.51. The van der Waals surface area contributed by atoms with E-state index in [1.165, 1.54) is 0 Å². The first kappa shape index (κ1) is 12.2. The molecular formula is C15H11BrO3. The van der Waals surface area contributed by atoms with Gasteiger partial charge in [0.25, 0.3) is 0 Å². The van der Waals surface area contributed by atoms with Crippen LogP contribution in [0.15, 0.2) is 45.0 Å². The van der Waals surface area contributed by atoms with Gasteiger partial charge in [0.2, 0.25) is 0 Å². The van der Waals surface area contributed by atoms with Crippen LogP contribution in [0.2, 0.25) is 0 Å². The summed E-state index contributed by atoms with van der Waals surface area (Å²) in [7, 11) is 1.62. The zero-order chi connectivity index (χ0) is 13.4. The number of rotatable bonds is 2. The zero-order valence-electron chi connectivity index (χ0n) is 10.3. The standard InChI is InChI=1S/C15H11BrO3/c1-18-11-2-4-13-9(7-11)6-10(15(13)17)8-12-3-5-14(16)19-12/h2-5,7-8H,6H2,1H3/b10-8+. The molecule has 3 nitrogen and oxygen atoms in total. The zero-order valence-corrected chi connectivity index (χ0v) is 11.9. The first-order chi connectivity index (χ1) is 9.17. The smallest absolute Gasteiger partial charge is 0.189 e. The molecule has 1 heterocycles. The van der Waals surface area contributed by atoms with Crippen LogP contribution in [0.3, 0.4) is 0 Å². The monoisotopic (exact) mass is 318 g/mol. The van der Waals surface area contributed by atoms with Crippen molar-refractivity contribution in [1.29, 1.82) is 0 Å². The maximum atomic E-state index is 12.2. The number of furan rings is 1. The molecule has 4 heteroatoms. The third-order valence-electron chi connectivity index (χ3n) is 3.14. The van der Waals surface area contributed by atoms with Crippen LogP contribution in [0.5, 0.6) is 5.75 Å². The molecule has 0 fully saturated rings. The van der Waals surface area contributed by atoms with Gasteiger partial charge in [-0.05, 0) is 57.9 Å². The minimum atomic E-state index is 0.0603. The van der Waals surface area contributed by atoms with Crippen LogP contribution < -0.4 is 4.74 Å². The molecule has 96 valence electrons. The summed E-state index contributed by atoms with van der Waals surface area (Å²) in [6.07, 6.45) is 2.41. The van der Waals surface area contributed by atoms with Crippen molar-refractivity contribution < 1.29 is 13.9 Å². The summed E-state index contributed by atoms with van der Waals surface area (Å²) in [5, 5.41) is 0. The second kappa shape index (κ2) is 4.70. The van der Waals surface area contributed by atoms with Crippen molar-refractivity contribution in [2.75, 3.05) is 7.11 Å². The summed E-state index contributed by atoms with van der Waals surface area (Å²) >= 11 is 3.25. The Labute approximate surface area is 119 Å². The van der Waals surface area contributed by atoms with Gasteiger partial charge in [-0.2, -0.15) is 0 Å². The average Bonchev–Trinajstić information content (AvgIpc) is 2.95. The van der Waals surface area contributed by atoms with Gasteiger partial charge in [-0.1, -0.05) is 0 Å². The van der Waals surface area contributed by atoms with E-state index in [0.717, 1.165) is 22.4 Å². The van der Waals surface area contributed by atoms with E-state index in [1.807, 2.05) is 30.3 Å². The van der Waals surface area contributed by atoms with Crippen molar-refractivity contribution in [3.05, 3.63) is 57.5 Å². The SMILES string of the molecule is COc1ccc2c(c1)C/C(=C\c1ccc(Br)o1)C2=O. The number of carbonyl (C=O) groups excluding carboxylic acids is 1. The molecule has 0 amide bonds. The Morgan fingerprint density at radius 2 is 2.16 bits per heavy atom. The van der Waals surface area contributed by atoms with E-state index in [2.05, 4.69) is 15.9 Å². The number of benzene rings is 1. The molecule has 0 bridgehead atoms. The number of hydrogen-bond donors (Lipinski definition) is 0. The fraction of sp³-hybridized carbons (Fsp3) is 0.133. The minimum absolute atomic E-state index is 0.0603. The van der Waals surface area contributed by atoms with Crippen molar-refractivity contribution in [2.24, 2.45) is 0 Å². The van der Waals surface area contributed by atoms with Gasteiger partial charge < -0.3 is 9.15 Å². The molecule has 1 aliphatic rings. The number of halogens is 1. The summed E-state index contributed by atoms with van der Waals surface area (Å²) in [4.78, 5) is 12.2. The lowest BCUT2D eigenvalue weighted by molar-refractivity contribution is 0.104. The third-order valence-corrected chi connectivity index (χ3v) is 3.57. The molecule has 2 aromatic rings. The Hall–Kier alpha value is -1.81. The number of allylic oxidation sites excluding steroid dienone is 1. The second-order valence-corrected chi connectivity index (χ2v) is 5.12. The highest BCUT2D eigenvalue weighted by Gasteiger charge is 2.25. The number of hydrogen-bond acceptors (Lipinski definition) is 3. The molecule has 0 saturated heterocycles. The van der Waals surface area contributed by atoms with E-state index in [4.69, 9.17) is 9.15 Å². The second-order valence-electron chi connectivity index (χ2n) is 4.34. The van der Waals surface area contributed by atoms with Crippen molar-refractivity contribution in [1.82, 2.24) is 0 Å². The van der Waals surface area contributed by atoms with E-state index in [-0.39, 0.29) is 5.78 Å². The number of ether oxygens (including phenoxy) is 1.